The van der Waals surface area contributed by atoms with Crippen molar-refractivity contribution >= 4 is 22.7 Å². The summed E-state index contributed by atoms with van der Waals surface area (Å²) >= 11 is 0. The molecule has 0 atom stereocenters. The second-order valence-corrected chi connectivity index (χ2v) is 8.66. The zero-order valence-electron chi connectivity index (χ0n) is 19.0. The third-order valence-electron chi connectivity index (χ3n) is 6.40. The molecule has 0 spiro atoms. The number of aromatic nitrogens is 4. The monoisotopic (exact) mass is 442 g/mol. The molecule has 0 amide bonds. The molecule has 1 saturated carbocycles. The molecule has 33 heavy (non-hydrogen) atoms. The molecule has 170 valence electrons. The molecule has 2 heterocycles. The Balaban J connectivity index is 1.46. The molecule has 0 radical (unpaired) electrons. The Morgan fingerprint density at radius 3 is 2.64 bits per heavy atom. The van der Waals surface area contributed by atoms with Crippen LogP contribution in [-0.4, -0.2) is 33.2 Å². The number of anilines is 2. The van der Waals surface area contributed by atoms with Crippen LogP contribution in [-0.2, 0) is 6.42 Å². The number of hydrogen-bond acceptors (Lipinski definition) is 6. The van der Waals surface area contributed by atoms with Gasteiger partial charge in [0.1, 0.15) is 11.3 Å². The van der Waals surface area contributed by atoms with Gasteiger partial charge in [-0.15, -0.1) is 0 Å². The van der Waals surface area contributed by atoms with Gasteiger partial charge in [0.2, 0.25) is 0 Å². The van der Waals surface area contributed by atoms with Gasteiger partial charge in [-0.3, -0.25) is 0 Å². The van der Waals surface area contributed by atoms with Crippen LogP contribution in [0, 0.1) is 0 Å². The van der Waals surface area contributed by atoms with Gasteiger partial charge in [-0.25, -0.2) is 15.0 Å². The number of imidazole rings is 1. The van der Waals surface area contributed by atoms with E-state index in [-0.39, 0.29) is 0 Å². The van der Waals surface area contributed by atoms with Crippen LogP contribution in [0.25, 0.3) is 22.6 Å². The summed E-state index contributed by atoms with van der Waals surface area (Å²) in [6.45, 7) is 0.741. The molecule has 7 nitrogen and oxygen atoms in total. The summed E-state index contributed by atoms with van der Waals surface area (Å²) in [5.74, 6) is 2.30. The van der Waals surface area contributed by atoms with Gasteiger partial charge in [0.15, 0.2) is 17.3 Å². The molecule has 1 aliphatic carbocycles. The Morgan fingerprint density at radius 1 is 1.06 bits per heavy atom. The van der Waals surface area contributed by atoms with E-state index in [1.54, 1.807) is 7.11 Å². The second-order valence-electron chi connectivity index (χ2n) is 8.66. The molecule has 1 fully saturated rings. The highest BCUT2D eigenvalue weighted by molar-refractivity contribution is 5.85. The fourth-order valence-corrected chi connectivity index (χ4v) is 4.59. The Kier molecular flexibility index (Phi) is 6.11. The smallest absolute Gasteiger partial charge is 0.166 e. The number of nitrogen functional groups attached to an aromatic ring is 1. The lowest BCUT2D eigenvalue weighted by molar-refractivity contribution is 0.358. The highest BCUT2D eigenvalue weighted by Crippen LogP contribution is 2.32. The van der Waals surface area contributed by atoms with Crippen molar-refractivity contribution in [2.45, 2.75) is 44.6 Å². The number of fused-ring (bicyclic) bond motifs is 1. The van der Waals surface area contributed by atoms with Gasteiger partial charge in [0.05, 0.1) is 13.4 Å². The SMILES string of the molecule is COc1ccc(CCNc2nc(-c3cccc(N)c3)nc3c2ncn3C2CCCCC2)cc1. The molecule has 3 N–H and O–H groups in total. The Bertz CT molecular complexity index is 1230. The minimum Gasteiger partial charge on any atom is -0.497 e. The largest absolute Gasteiger partial charge is 0.497 e. The second kappa shape index (κ2) is 9.48. The summed E-state index contributed by atoms with van der Waals surface area (Å²) in [6, 6.07) is 16.3. The predicted molar refractivity (Wildman–Crippen MR) is 132 cm³/mol. The highest BCUT2D eigenvalue weighted by atomic mass is 16.5. The maximum atomic E-state index is 6.04. The number of nitrogens with two attached hydrogens (primary N) is 1. The number of nitrogens with one attached hydrogen (secondary N) is 1. The molecule has 7 heteroatoms. The summed E-state index contributed by atoms with van der Waals surface area (Å²) in [5.41, 5.74) is 10.6. The molecule has 2 aromatic heterocycles. The van der Waals surface area contributed by atoms with E-state index < -0.39 is 0 Å². The van der Waals surface area contributed by atoms with Crippen LogP contribution in [0.4, 0.5) is 11.5 Å². The lowest BCUT2D eigenvalue weighted by atomic mass is 9.95. The van der Waals surface area contributed by atoms with Crippen molar-refractivity contribution in [2.75, 3.05) is 24.7 Å². The summed E-state index contributed by atoms with van der Waals surface area (Å²) < 4.78 is 7.51. The normalized spacial score (nSPS) is 14.5. The quantitative estimate of drug-likeness (QED) is 0.380. The minimum absolute atomic E-state index is 0.444. The van der Waals surface area contributed by atoms with Crippen LogP contribution in [0.5, 0.6) is 5.75 Å². The summed E-state index contributed by atoms with van der Waals surface area (Å²) in [6.07, 6.45) is 8.96. The maximum absolute atomic E-state index is 6.04. The first-order valence-corrected chi connectivity index (χ1v) is 11.7. The zero-order chi connectivity index (χ0) is 22.6. The molecule has 5 rings (SSSR count). The number of nitrogens with zero attached hydrogens (tertiary/aromatic N) is 4. The van der Waals surface area contributed by atoms with Gasteiger partial charge >= 0.3 is 0 Å². The number of rotatable bonds is 7. The first-order chi connectivity index (χ1) is 16.2. The first kappa shape index (κ1) is 21.2. The van der Waals surface area contributed by atoms with Crippen molar-refractivity contribution in [2.24, 2.45) is 0 Å². The average Bonchev–Trinajstić information content (AvgIpc) is 3.29. The lowest BCUT2D eigenvalue weighted by Gasteiger charge is -2.23. The molecular weight excluding hydrogens is 412 g/mol. The molecule has 2 aromatic carbocycles. The van der Waals surface area contributed by atoms with Crippen LogP contribution < -0.4 is 15.8 Å². The van der Waals surface area contributed by atoms with Gasteiger partial charge in [-0.2, -0.15) is 0 Å². The van der Waals surface area contributed by atoms with E-state index in [9.17, 15) is 0 Å². The number of methoxy groups -OCH3 is 1. The van der Waals surface area contributed by atoms with Gasteiger partial charge in [-0.1, -0.05) is 43.5 Å². The fourth-order valence-electron chi connectivity index (χ4n) is 4.59. The van der Waals surface area contributed by atoms with Crippen LogP contribution >= 0.6 is 0 Å². The zero-order valence-corrected chi connectivity index (χ0v) is 19.0. The lowest BCUT2D eigenvalue weighted by Crippen LogP contribution is -2.13. The van der Waals surface area contributed by atoms with E-state index in [1.807, 2.05) is 42.7 Å². The topological polar surface area (TPSA) is 90.9 Å². The van der Waals surface area contributed by atoms with Gasteiger partial charge in [-0.05, 0) is 49.1 Å². The maximum Gasteiger partial charge on any atom is 0.166 e. The first-order valence-electron chi connectivity index (χ1n) is 11.7. The molecule has 0 bridgehead atoms. The van der Waals surface area contributed by atoms with Crippen LogP contribution in [0.15, 0.2) is 54.9 Å². The predicted octanol–water partition coefficient (Wildman–Crippen LogP) is 5.24. The van der Waals surface area contributed by atoms with E-state index in [4.69, 9.17) is 25.4 Å². The minimum atomic E-state index is 0.444. The van der Waals surface area contributed by atoms with Gasteiger partial charge < -0.3 is 20.4 Å². The van der Waals surface area contributed by atoms with Gasteiger partial charge in [0, 0.05) is 23.8 Å². The van der Waals surface area contributed by atoms with Crippen molar-refractivity contribution in [1.29, 1.82) is 0 Å². The van der Waals surface area contributed by atoms with E-state index in [0.29, 0.717) is 17.6 Å². The van der Waals surface area contributed by atoms with E-state index in [1.165, 1.54) is 37.7 Å². The third-order valence-corrected chi connectivity index (χ3v) is 6.40. The molecule has 0 saturated heterocycles. The molecule has 1 aliphatic rings. The Labute approximate surface area is 194 Å². The third kappa shape index (κ3) is 4.62. The fraction of sp³-hybridized carbons (Fsp3) is 0.346. The highest BCUT2D eigenvalue weighted by Gasteiger charge is 2.21. The van der Waals surface area contributed by atoms with Crippen LogP contribution in [0.1, 0.15) is 43.7 Å². The molecule has 4 aromatic rings. The summed E-state index contributed by atoms with van der Waals surface area (Å²) in [7, 11) is 1.68. The van der Waals surface area contributed by atoms with Crippen molar-refractivity contribution in [1.82, 2.24) is 19.5 Å². The average molecular weight is 443 g/mol. The molecular formula is C26H30N6O. The van der Waals surface area contributed by atoms with Crippen LogP contribution in [0.3, 0.4) is 0 Å². The Morgan fingerprint density at radius 2 is 1.88 bits per heavy atom. The number of hydrogen-bond donors (Lipinski definition) is 2. The van der Waals surface area contributed by atoms with E-state index in [0.717, 1.165) is 41.3 Å². The van der Waals surface area contributed by atoms with Crippen molar-refractivity contribution in [3.05, 3.63) is 60.4 Å². The van der Waals surface area contributed by atoms with Crippen molar-refractivity contribution < 1.29 is 4.74 Å². The van der Waals surface area contributed by atoms with Crippen molar-refractivity contribution in [3.8, 4) is 17.1 Å². The van der Waals surface area contributed by atoms with E-state index in [2.05, 4.69) is 22.0 Å². The molecule has 0 aliphatic heterocycles. The van der Waals surface area contributed by atoms with Gasteiger partial charge in [0.25, 0.3) is 0 Å². The number of ether oxygens (including phenoxy) is 1. The summed E-state index contributed by atoms with van der Waals surface area (Å²) in [4.78, 5) is 14.5. The van der Waals surface area contributed by atoms with Crippen LogP contribution in [0.2, 0.25) is 0 Å². The summed E-state index contributed by atoms with van der Waals surface area (Å²) in [5, 5.41) is 3.52. The number of benzene rings is 2. The standard InChI is InChI=1S/C26H30N6O/c1-33-22-12-10-18(11-13-22)14-15-28-25-23-26(32(17-29-23)21-8-3-2-4-9-21)31-24(30-25)19-6-5-7-20(27)16-19/h5-7,10-13,16-17,21H,2-4,8-9,14-15,27H2,1H3,(H,28,30,31). The Hall–Kier alpha value is -3.61. The van der Waals surface area contributed by atoms with Crippen molar-refractivity contribution in [3.63, 3.8) is 0 Å². The molecule has 0 unspecified atom stereocenters. The van der Waals surface area contributed by atoms with E-state index >= 15 is 0 Å².